The number of nitrogens with zero attached hydrogens (tertiary/aromatic N) is 1. The Labute approximate surface area is 122 Å². The van der Waals surface area contributed by atoms with E-state index in [1.807, 2.05) is 6.20 Å². The number of benzene rings is 1. The fourth-order valence-electron chi connectivity index (χ4n) is 3.27. The van der Waals surface area contributed by atoms with Crippen molar-refractivity contribution >= 4 is 11.6 Å². The molecule has 0 saturated heterocycles. The summed E-state index contributed by atoms with van der Waals surface area (Å²) in [4.78, 5) is 21.9. The molecule has 2 unspecified atom stereocenters. The molecule has 0 aromatic heterocycles. The lowest BCUT2D eigenvalue weighted by molar-refractivity contribution is -0.384. The van der Waals surface area contributed by atoms with Crippen LogP contribution in [-0.4, -0.2) is 10.8 Å². The van der Waals surface area contributed by atoms with Crippen LogP contribution in [0.1, 0.15) is 36.0 Å². The van der Waals surface area contributed by atoms with Gasteiger partial charge in [-0.2, -0.15) is 0 Å². The van der Waals surface area contributed by atoms with Gasteiger partial charge in [-0.25, -0.2) is 0 Å². The van der Waals surface area contributed by atoms with Gasteiger partial charge in [0.1, 0.15) is 0 Å². The largest absolute Gasteiger partial charge is 0.306 e. The molecule has 2 N–H and O–H groups in total. The van der Waals surface area contributed by atoms with Crippen LogP contribution in [0.25, 0.3) is 0 Å². The van der Waals surface area contributed by atoms with Gasteiger partial charge in [-0.15, -0.1) is 0 Å². The van der Waals surface area contributed by atoms with Crippen LogP contribution in [0.3, 0.4) is 0 Å². The topological polar surface area (TPSA) is 84.3 Å². The van der Waals surface area contributed by atoms with E-state index in [-0.39, 0.29) is 11.6 Å². The molecule has 0 spiro atoms. The summed E-state index contributed by atoms with van der Waals surface area (Å²) in [7, 11) is 0. The second-order valence-corrected chi connectivity index (χ2v) is 5.70. The van der Waals surface area contributed by atoms with Gasteiger partial charge < -0.3 is 5.43 Å². The number of hydrogen-bond donors (Lipinski definition) is 2. The van der Waals surface area contributed by atoms with Crippen LogP contribution in [0.5, 0.6) is 0 Å². The molecule has 2 atom stereocenters. The fraction of sp³-hybridized carbons (Fsp3) is 0.400. The van der Waals surface area contributed by atoms with E-state index in [0.717, 1.165) is 12.3 Å². The summed E-state index contributed by atoms with van der Waals surface area (Å²) in [5, 5.41) is 10.5. The second kappa shape index (κ2) is 5.55. The lowest BCUT2D eigenvalue weighted by Crippen LogP contribution is -2.34. The molecular weight excluding hydrogens is 270 g/mol. The van der Waals surface area contributed by atoms with E-state index >= 15 is 0 Å². The van der Waals surface area contributed by atoms with Crippen LogP contribution in [0.15, 0.2) is 36.0 Å². The summed E-state index contributed by atoms with van der Waals surface area (Å²) in [5.41, 5.74) is 7.20. The third-order valence-corrected chi connectivity index (χ3v) is 4.37. The van der Waals surface area contributed by atoms with E-state index in [4.69, 9.17) is 0 Å². The van der Waals surface area contributed by atoms with Crippen molar-refractivity contribution in [3.63, 3.8) is 0 Å². The number of allylic oxidation sites excluding steroid dienone is 1. The van der Waals surface area contributed by atoms with Gasteiger partial charge in [0, 0.05) is 23.9 Å². The highest BCUT2D eigenvalue weighted by Gasteiger charge is 2.35. The van der Waals surface area contributed by atoms with E-state index in [9.17, 15) is 14.9 Å². The van der Waals surface area contributed by atoms with Crippen LogP contribution in [0.2, 0.25) is 0 Å². The SMILES string of the molecule is O=C(NNC=C1CC2CCC1C2)c1ccc([N+](=O)[O-])cc1. The number of hydrogen-bond acceptors (Lipinski definition) is 4. The Hall–Kier alpha value is -2.37. The first-order valence-corrected chi connectivity index (χ1v) is 7.13. The van der Waals surface area contributed by atoms with Crippen LogP contribution in [0.4, 0.5) is 5.69 Å². The summed E-state index contributed by atoms with van der Waals surface area (Å²) in [5.74, 6) is 1.21. The fourth-order valence-corrected chi connectivity index (χ4v) is 3.27. The molecule has 2 fully saturated rings. The van der Waals surface area contributed by atoms with Crippen LogP contribution >= 0.6 is 0 Å². The Morgan fingerprint density at radius 3 is 2.62 bits per heavy atom. The third-order valence-electron chi connectivity index (χ3n) is 4.37. The highest BCUT2D eigenvalue weighted by atomic mass is 16.6. The van der Waals surface area contributed by atoms with E-state index in [1.54, 1.807) is 0 Å². The average molecular weight is 287 g/mol. The van der Waals surface area contributed by atoms with Crippen molar-refractivity contribution in [2.24, 2.45) is 11.8 Å². The van der Waals surface area contributed by atoms with Crippen LogP contribution in [0, 0.1) is 22.0 Å². The Morgan fingerprint density at radius 2 is 2.05 bits per heavy atom. The first kappa shape index (κ1) is 13.6. The predicted octanol–water partition coefficient (Wildman–Crippen LogP) is 2.53. The normalized spacial score (nSPS) is 25.0. The van der Waals surface area contributed by atoms with Gasteiger partial charge in [-0.3, -0.25) is 20.3 Å². The molecule has 6 nitrogen and oxygen atoms in total. The van der Waals surface area contributed by atoms with E-state index < -0.39 is 4.92 Å². The molecule has 0 heterocycles. The third kappa shape index (κ3) is 2.89. The number of carbonyl (C=O) groups excluding carboxylic acids is 1. The maximum atomic E-state index is 11.9. The minimum absolute atomic E-state index is 0.0244. The maximum absolute atomic E-state index is 11.9. The second-order valence-electron chi connectivity index (χ2n) is 5.70. The van der Waals surface area contributed by atoms with Crippen molar-refractivity contribution in [2.45, 2.75) is 25.7 Å². The van der Waals surface area contributed by atoms with Crippen molar-refractivity contribution in [3.8, 4) is 0 Å². The molecule has 0 radical (unpaired) electrons. The lowest BCUT2D eigenvalue weighted by Gasteiger charge is -2.13. The quantitative estimate of drug-likeness (QED) is 0.658. The van der Waals surface area contributed by atoms with Crippen molar-refractivity contribution in [2.75, 3.05) is 0 Å². The molecule has 1 aromatic rings. The molecule has 2 aliphatic carbocycles. The summed E-state index contributed by atoms with van der Waals surface area (Å²) in [6.45, 7) is 0. The molecule has 21 heavy (non-hydrogen) atoms. The molecule has 2 saturated carbocycles. The number of nitro benzene ring substituents is 1. The average Bonchev–Trinajstić information content (AvgIpc) is 3.10. The molecule has 3 rings (SSSR count). The molecule has 1 aromatic carbocycles. The van der Waals surface area contributed by atoms with Gasteiger partial charge in [0.15, 0.2) is 0 Å². The first-order chi connectivity index (χ1) is 10.1. The molecule has 2 aliphatic rings. The number of carbonyl (C=O) groups is 1. The lowest BCUT2D eigenvalue weighted by atomic mass is 9.96. The van der Waals surface area contributed by atoms with Crippen LogP contribution < -0.4 is 10.9 Å². The number of fused-ring (bicyclic) bond motifs is 2. The molecule has 0 aliphatic heterocycles. The zero-order chi connectivity index (χ0) is 14.8. The summed E-state index contributed by atoms with van der Waals surface area (Å²) in [6, 6.07) is 5.53. The van der Waals surface area contributed by atoms with E-state index in [1.165, 1.54) is 49.1 Å². The maximum Gasteiger partial charge on any atom is 0.269 e. The molecular formula is C15H17N3O3. The first-order valence-electron chi connectivity index (χ1n) is 7.13. The Morgan fingerprint density at radius 1 is 1.29 bits per heavy atom. The Kier molecular flexibility index (Phi) is 3.60. The highest BCUT2D eigenvalue weighted by molar-refractivity contribution is 5.94. The van der Waals surface area contributed by atoms with E-state index in [0.29, 0.717) is 11.5 Å². The van der Waals surface area contributed by atoms with Crippen molar-refractivity contribution in [1.29, 1.82) is 0 Å². The standard InChI is InChI=1S/C15H17N3O3/c19-15(11-3-5-14(6-4-11)18(20)21)17-16-9-13-8-10-1-2-12(13)7-10/h3-6,9-10,12,16H,1-2,7-8H2,(H,17,19). The number of rotatable bonds is 4. The van der Waals surface area contributed by atoms with Crippen LogP contribution in [-0.2, 0) is 0 Å². The Bertz CT molecular complexity index is 595. The monoisotopic (exact) mass is 287 g/mol. The Balaban J connectivity index is 1.54. The van der Waals surface area contributed by atoms with Gasteiger partial charge in [-0.05, 0) is 55.2 Å². The number of amides is 1. The van der Waals surface area contributed by atoms with Crippen molar-refractivity contribution in [1.82, 2.24) is 10.9 Å². The number of nitrogens with one attached hydrogen (secondary N) is 2. The predicted molar refractivity (Wildman–Crippen MR) is 77.2 cm³/mol. The summed E-state index contributed by atoms with van der Waals surface area (Å²) >= 11 is 0. The van der Waals surface area contributed by atoms with Crippen molar-refractivity contribution in [3.05, 3.63) is 51.7 Å². The molecule has 2 bridgehead atoms. The molecule has 6 heteroatoms. The van der Waals surface area contributed by atoms with Gasteiger partial charge in [-0.1, -0.05) is 0 Å². The minimum Gasteiger partial charge on any atom is -0.306 e. The number of hydrazine groups is 1. The van der Waals surface area contributed by atoms with Gasteiger partial charge in [0.25, 0.3) is 11.6 Å². The van der Waals surface area contributed by atoms with E-state index in [2.05, 4.69) is 10.9 Å². The zero-order valence-electron chi connectivity index (χ0n) is 11.5. The van der Waals surface area contributed by atoms with Gasteiger partial charge in [0.05, 0.1) is 4.92 Å². The number of non-ortho nitro benzene ring substituents is 1. The van der Waals surface area contributed by atoms with Crippen molar-refractivity contribution < 1.29 is 9.72 Å². The highest BCUT2D eigenvalue weighted by Crippen LogP contribution is 2.47. The summed E-state index contributed by atoms with van der Waals surface area (Å²) in [6.07, 6.45) is 6.90. The minimum atomic E-state index is -0.487. The molecule has 110 valence electrons. The summed E-state index contributed by atoms with van der Waals surface area (Å²) < 4.78 is 0. The van der Waals surface area contributed by atoms with Gasteiger partial charge >= 0.3 is 0 Å². The van der Waals surface area contributed by atoms with Gasteiger partial charge in [0.2, 0.25) is 0 Å². The zero-order valence-corrected chi connectivity index (χ0v) is 11.5. The number of nitro groups is 1. The molecule has 1 amide bonds. The smallest absolute Gasteiger partial charge is 0.269 e.